The Balaban J connectivity index is 1.88. The lowest BCUT2D eigenvalue weighted by atomic mass is 10.1. The summed E-state index contributed by atoms with van der Waals surface area (Å²) in [5.74, 6) is -0.299. The van der Waals surface area contributed by atoms with Gasteiger partial charge in [-0.2, -0.15) is 0 Å². The van der Waals surface area contributed by atoms with Gasteiger partial charge < -0.3 is 4.74 Å². The monoisotopic (exact) mass is 403 g/mol. The summed E-state index contributed by atoms with van der Waals surface area (Å²) >= 11 is 0. The summed E-state index contributed by atoms with van der Waals surface area (Å²) in [6.45, 7) is 2.41. The molecule has 0 saturated heterocycles. The largest absolute Gasteiger partial charge is 0.494 e. The van der Waals surface area contributed by atoms with E-state index in [0.29, 0.717) is 17.8 Å². The van der Waals surface area contributed by atoms with Gasteiger partial charge in [-0.05, 0) is 48.9 Å². The normalized spacial score (nSPS) is 11.5. The first-order valence-electron chi connectivity index (χ1n) is 8.92. The van der Waals surface area contributed by atoms with Crippen molar-refractivity contribution in [2.24, 2.45) is 0 Å². The molecule has 3 aromatic rings. The molecule has 0 bridgehead atoms. The lowest BCUT2D eigenvalue weighted by Crippen LogP contribution is -2.24. The molecule has 0 radical (unpaired) electrons. The van der Waals surface area contributed by atoms with Gasteiger partial charge in [-0.3, -0.25) is 4.57 Å². The van der Waals surface area contributed by atoms with Gasteiger partial charge in [-0.25, -0.2) is 22.5 Å². The van der Waals surface area contributed by atoms with Crippen LogP contribution in [0.15, 0.2) is 59.9 Å². The smallest absolute Gasteiger partial charge is 0.240 e. The van der Waals surface area contributed by atoms with E-state index in [4.69, 9.17) is 4.74 Å². The summed E-state index contributed by atoms with van der Waals surface area (Å²) in [7, 11) is -2.12. The Morgan fingerprint density at radius 2 is 1.93 bits per heavy atom. The highest BCUT2D eigenvalue weighted by molar-refractivity contribution is 7.89. The van der Waals surface area contributed by atoms with E-state index >= 15 is 0 Å². The molecule has 148 valence electrons. The van der Waals surface area contributed by atoms with E-state index in [9.17, 15) is 12.8 Å². The molecule has 0 saturated carbocycles. The molecule has 8 heteroatoms. The second-order valence-corrected chi connectivity index (χ2v) is 8.01. The minimum atomic E-state index is -3.53. The van der Waals surface area contributed by atoms with Gasteiger partial charge in [0, 0.05) is 17.8 Å². The number of rotatable bonds is 8. The van der Waals surface area contributed by atoms with Crippen LogP contribution in [0.1, 0.15) is 19.8 Å². The third kappa shape index (κ3) is 4.23. The first-order chi connectivity index (χ1) is 13.5. The maximum atomic E-state index is 14.1. The molecule has 0 amide bonds. The van der Waals surface area contributed by atoms with Crippen LogP contribution in [-0.4, -0.2) is 31.6 Å². The maximum Gasteiger partial charge on any atom is 0.240 e. The average Bonchev–Trinajstić information content (AvgIpc) is 3.18. The number of aromatic nitrogens is 2. The molecule has 0 aliphatic heterocycles. The SMILES string of the molecule is CCCCNS(=O)(=O)c1ccc(-n2cncc2-c2ccc(OC)c(F)c2)cc1. The molecule has 3 rings (SSSR count). The second-order valence-electron chi connectivity index (χ2n) is 6.24. The number of nitrogens with one attached hydrogen (secondary N) is 1. The van der Waals surface area contributed by atoms with E-state index in [1.54, 1.807) is 53.5 Å². The molecule has 28 heavy (non-hydrogen) atoms. The van der Waals surface area contributed by atoms with Crippen LogP contribution in [0.2, 0.25) is 0 Å². The molecule has 0 aliphatic rings. The Kier molecular flexibility index (Phi) is 6.11. The van der Waals surface area contributed by atoms with Gasteiger partial charge in [-0.1, -0.05) is 13.3 Å². The number of hydrogen-bond acceptors (Lipinski definition) is 4. The minimum Gasteiger partial charge on any atom is -0.494 e. The second kappa shape index (κ2) is 8.53. The first-order valence-corrected chi connectivity index (χ1v) is 10.4. The van der Waals surface area contributed by atoms with Crippen LogP contribution < -0.4 is 9.46 Å². The van der Waals surface area contributed by atoms with E-state index < -0.39 is 15.8 Å². The van der Waals surface area contributed by atoms with Crippen LogP contribution in [0.5, 0.6) is 5.75 Å². The van der Waals surface area contributed by atoms with Gasteiger partial charge in [-0.15, -0.1) is 0 Å². The molecular formula is C20H22FN3O3S. The van der Waals surface area contributed by atoms with Gasteiger partial charge >= 0.3 is 0 Å². The molecule has 1 aromatic heterocycles. The van der Waals surface area contributed by atoms with Crippen molar-refractivity contribution >= 4 is 10.0 Å². The number of imidazole rings is 1. The Bertz CT molecular complexity index is 1050. The Morgan fingerprint density at radius 1 is 1.18 bits per heavy atom. The molecule has 0 spiro atoms. The Labute approximate surface area is 164 Å². The van der Waals surface area contributed by atoms with Crippen molar-refractivity contribution in [3.05, 3.63) is 60.8 Å². The van der Waals surface area contributed by atoms with Gasteiger partial charge in [0.05, 0.1) is 30.2 Å². The summed E-state index contributed by atoms with van der Waals surface area (Å²) in [4.78, 5) is 4.35. The predicted octanol–water partition coefficient (Wildman–Crippen LogP) is 3.77. The maximum absolute atomic E-state index is 14.1. The van der Waals surface area contributed by atoms with Crippen molar-refractivity contribution in [1.29, 1.82) is 0 Å². The summed E-state index contributed by atoms with van der Waals surface area (Å²) in [6.07, 6.45) is 4.92. The van der Waals surface area contributed by atoms with Crippen LogP contribution >= 0.6 is 0 Å². The Hall–Kier alpha value is -2.71. The van der Waals surface area contributed by atoms with Crippen molar-refractivity contribution in [1.82, 2.24) is 14.3 Å². The predicted molar refractivity (Wildman–Crippen MR) is 106 cm³/mol. The molecule has 6 nitrogen and oxygen atoms in total. The zero-order valence-electron chi connectivity index (χ0n) is 15.7. The zero-order chi connectivity index (χ0) is 20.1. The fraction of sp³-hybridized carbons (Fsp3) is 0.250. The molecule has 1 N–H and O–H groups in total. The van der Waals surface area contributed by atoms with Crippen LogP contribution in [0, 0.1) is 5.82 Å². The lowest BCUT2D eigenvalue weighted by molar-refractivity contribution is 0.386. The van der Waals surface area contributed by atoms with Gasteiger partial charge in [0.15, 0.2) is 11.6 Å². The van der Waals surface area contributed by atoms with Crippen LogP contribution in [-0.2, 0) is 10.0 Å². The van der Waals surface area contributed by atoms with Crippen molar-refractivity contribution in [2.75, 3.05) is 13.7 Å². The highest BCUT2D eigenvalue weighted by Gasteiger charge is 2.14. The number of hydrogen-bond donors (Lipinski definition) is 1. The third-order valence-electron chi connectivity index (χ3n) is 4.33. The van der Waals surface area contributed by atoms with Crippen molar-refractivity contribution < 1.29 is 17.5 Å². The average molecular weight is 403 g/mol. The first kappa shape index (κ1) is 20.0. The molecule has 0 unspecified atom stereocenters. The number of benzene rings is 2. The summed E-state index contributed by atoms with van der Waals surface area (Å²) in [5.41, 5.74) is 2.03. The van der Waals surface area contributed by atoms with Crippen molar-refractivity contribution in [2.45, 2.75) is 24.7 Å². The minimum absolute atomic E-state index is 0.167. The van der Waals surface area contributed by atoms with Crippen LogP contribution in [0.3, 0.4) is 0 Å². The van der Waals surface area contributed by atoms with E-state index in [1.807, 2.05) is 6.92 Å². The standard InChI is InChI=1S/C20H22FN3O3S/c1-3-4-11-23-28(25,26)17-8-6-16(7-9-17)24-14-22-13-19(24)15-5-10-20(27-2)18(21)12-15/h5-10,12-14,23H,3-4,11H2,1-2H3. The molecule has 2 aromatic carbocycles. The van der Waals surface area contributed by atoms with E-state index in [0.717, 1.165) is 18.5 Å². The van der Waals surface area contributed by atoms with Gasteiger partial charge in [0.25, 0.3) is 0 Å². The van der Waals surface area contributed by atoms with Crippen molar-refractivity contribution in [3.8, 4) is 22.7 Å². The fourth-order valence-corrected chi connectivity index (χ4v) is 3.87. The summed E-state index contributed by atoms with van der Waals surface area (Å²) < 4.78 is 48.0. The molecule has 0 atom stereocenters. The molecule has 0 fully saturated rings. The number of methoxy groups -OCH3 is 1. The quantitative estimate of drug-likeness (QED) is 0.581. The van der Waals surface area contributed by atoms with Crippen molar-refractivity contribution in [3.63, 3.8) is 0 Å². The highest BCUT2D eigenvalue weighted by atomic mass is 32.2. The number of halogens is 1. The number of sulfonamides is 1. The van der Waals surface area contributed by atoms with Gasteiger partial charge in [0.2, 0.25) is 10.0 Å². The number of unbranched alkanes of at least 4 members (excludes halogenated alkanes) is 1. The van der Waals surface area contributed by atoms with E-state index in [2.05, 4.69) is 9.71 Å². The third-order valence-corrected chi connectivity index (χ3v) is 5.81. The van der Waals surface area contributed by atoms with Crippen LogP contribution in [0.25, 0.3) is 16.9 Å². The highest BCUT2D eigenvalue weighted by Crippen LogP contribution is 2.27. The number of ether oxygens (including phenoxy) is 1. The molecule has 1 heterocycles. The van der Waals surface area contributed by atoms with E-state index in [-0.39, 0.29) is 10.6 Å². The van der Waals surface area contributed by atoms with E-state index in [1.165, 1.54) is 13.2 Å². The van der Waals surface area contributed by atoms with Crippen LogP contribution in [0.4, 0.5) is 4.39 Å². The lowest BCUT2D eigenvalue weighted by Gasteiger charge is -2.11. The Morgan fingerprint density at radius 3 is 2.57 bits per heavy atom. The molecular weight excluding hydrogens is 381 g/mol. The molecule has 0 aliphatic carbocycles. The summed E-state index contributed by atoms with van der Waals surface area (Å²) in [6, 6.07) is 11.2. The zero-order valence-corrected chi connectivity index (χ0v) is 16.5. The topological polar surface area (TPSA) is 73.2 Å². The fourth-order valence-electron chi connectivity index (χ4n) is 2.79. The van der Waals surface area contributed by atoms with Gasteiger partial charge in [0.1, 0.15) is 0 Å². The number of nitrogens with zero attached hydrogens (tertiary/aromatic N) is 2. The summed E-state index contributed by atoms with van der Waals surface area (Å²) in [5, 5.41) is 0.